The van der Waals surface area contributed by atoms with Crippen molar-refractivity contribution in [3.8, 4) is 5.75 Å². The van der Waals surface area contributed by atoms with Gasteiger partial charge >= 0.3 is 0 Å². The van der Waals surface area contributed by atoms with Crippen molar-refractivity contribution in [2.45, 2.75) is 38.0 Å². The van der Waals surface area contributed by atoms with Gasteiger partial charge in [0.2, 0.25) is 5.91 Å². The van der Waals surface area contributed by atoms with Crippen LogP contribution in [0.5, 0.6) is 5.75 Å². The number of nitrogens with zero attached hydrogens (tertiary/aromatic N) is 2. The first-order valence-corrected chi connectivity index (χ1v) is 9.23. The molecule has 0 radical (unpaired) electrons. The Morgan fingerprint density at radius 1 is 1.46 bits per heavy atom. The molecule has 2 amide bonds. The summed E-state index contributed by atoms with van der Waals surface area (Å²) >= 11 is 3.41. The molecule has 0 aliphatic carbocycles. The topological polar surface area (TPSA) is 85.2 Å². The molecule has 1 saturated heterocycles. The largest absolute Gasteiger partial charge is 0.480 e. The molecule has 26 heavy (non-hydrogen) atoms. The van der Waals surface area contributed by atoms with Gasteiger partial charge in [0.1, 0.15) is 5.75 Å². The van der Waals surface area contributed by atoms with Crippen molar-refractivity contribution in [1.29, 1.82) is 0 Å². The molecule has 1 fully saturated rings. The van der Waals surface area contributed by atoms with Gasteiger partial charge in [0.25, 0.3) is 5.91 Å². The minimum absolute atomic E-state index is 0.0260. The maximum absolute atomic E-state index is 12.6. The lowest BCUT2D eigenvalue weighted by atomic mass is 9.93. The van der Waals surface area contributed by atoms with Gasteiger partial charge in [0, 0.05) is 25.2 Å². The second-order valence-corrected chi connectivity index (χ2v) is 7.19. The number of nitrogens with one attached hydrogen (secondary N) is 2. The van der Waals surface area contributed by atoms with E-state index in [0.29, 0.717) is 18.6 Å². The van der Waals surface area contributed by atoms with Gasteiger partial charge < -0.3 is 15.4 Å². The maximum atomic E-state index is 12.6. The van der Waals surface area contributed by atoms with Crippen LogP contribution in [0.15, 0.2) is 41.1 Å². The molecule has 138 valence electrons. The van der Waals surface area contributed by atoms with Crippen LogP contribution in [-0.4, -0.2) is 33.7 Å². The lowest BCUT2D eigenvalue weighted by Crippen LogP contribution is -2.52. The highest BCUT2D eigenvalue weighted by atomic mass is 79.9. The average Bonchev–Trinajstić information content (AvgIpc) is 3.04. The molecule has 8 heteroatoms. The third-order valence-electron chi connectivity index (χ3n) is 4.32. The second kappa shape index (κ2) is 7.90. The molecule has 2 N–H and O–H groups in total. The first-order chi connectivity index (χ1) is 12.4. The molecule has 0 saturated carbocycles. The Morgan fingerprint density at radius 3 is 2.92 bits per heavy atom. The van der Waals surface area contributed by atoms with Gasteiger partial charge in [-0.3, -0.25) is 14.3 Å². The summed E-state index contributed by atoms with van der Waals surface area (Å²) in [6.07, 6.45) is 3.83. The summed E-state index contributed by atoms with van der Waals surface area (Å²) < 4.78 is 8.22. The lowest BCUT2D eigenvalue weighted by Gasteiger charge is -2.33. The number of para-hydroxylation sites is 1. The SMILES string of the molecule is C[C@H](Oc1ccccc1Br)C(=O)N[C@H]1CCC(=O)N[C@@H]1c1cnn(C)c1. The smallest absolute Gasteiger partial charge is 0.261 e. The Labute approximate surface area is 160 Å². The number of piperidine rings is 1. The van der Waals surface area contributed by atoms with Crippen molar-refractivity contribution in [3.63, 3.8) is 0 Å². The number of aromatic nitrogens is 2. The minimum Gasteiger partial charge on any atom is -0.480 e. The molecule has 1 aromatic heterocycles. The fourth-order valence-corrected chi connectivity index (χ4v) is 3.33. The van der Waals surface area contributed by atoms with E-state index < -0.39 is 6.10 Å². The predicted octanol–water partition coefficient (Wildman–Crippen LogP) is 2.09. The summed E-state index contributed by atoms with van der Waals surface area (Å²) in [5.41, 5.74) is 0.866. The number of rotatable bonds is 5. The molecule has 3 atom stereocenters. The fraction of sp³-hybridized carbons (Fsp3) is 0.389. The van der Waals surface area contributed by atoms with E-state index >= 15 is 0 Å². The Kier molecular flexibility index (Phi) is 5.61. The van der Waals surface area contributed by atoms with Gasteiger partial charge in [-0.25, -0.2) is 0 Å². The van der Waals surface area contributed by atoms with Crippen LogP contribution in [0.3, 0.4) is 0 Å². The molecule has 0 unspecified atom stereocenters. The molecule has 1 aliphatic rings. The van der Waals surface area contributed by atoms with Gasteiger partial charge in [0.15, 0.2) is 6.10 Å². The van der Waals surface area contributed by atoms with Crippen LogP contribution in [0.1, 0.15) is 31.4 Å². The molecule has 0 spiro atoms. The predicted molar refractivity (Wildman–Crippen MR) is 99.5 cm³/mol. The van der Waals surface area contributed by atoms with Gasteiger partial charge in [0.05, 0.1) is 22.8 Å². The Bertz CT molecular complexity index is 807. The number of hydrogen-bond donors (Lipinski definition) is 2. The number of benzene rings is 1. The molecule has 3 rings (SSSR count). The van der Waals surface area contributed by atoms with Crippen LogP contribution in [0, 0.1) is 0 Å². The first-order valence-electron chi connectivity index (χ1n) is 8.43. The van der Waals surface area contributed by atoms with E-state index in [1.807, 2.05) is 31.4 Å². The average molecular weight is 421 g/mol. The van der Waals surface area contributed by atoms with Crippen LogP contribution in [-0.2, 0) is 16.6 Å². The highest BCUT2D eigenvalue weighted by Gasteiger charge is 2.33. The highest BCUT2D eigenvalue weighted by molar-refractivity contribution is 9.10. The third-order valence-corrected chi connectivity index (χ3v) is 4.98. The van der Waals surface area contributed by atoms with Crippen LogP contribution in [0.25, 0.3) is 0 Å². The summed E-state index contributed by atoms with van der Waals surface area (Å²) in [5.74, 6) is 0.355. The zero-order valence-electron chi connectivity index (χ0n) is 14.6. The quantitative estimate of drug-likeness (QED) is 0.775. The van der Waals surface area contributed by atoms with Crippen molar-refractivity contribution in [2.75, 3.05) is 0 Å². The second-order valence-electron chi connectivity index (χ2n) is 6.34. The van der Waals surface area contributed by atoms with Crippen LogP contribution in [0.4, 0.5) is 0 Å². The van der Waals surface area contributed by atoms with Crippen LogP contribution in [0.2, 0.25) is 0 Å². The number of carbonyl (C=O) groups is 2. The minimum atomic E-state index is -0.666. The molecular formula is C18H21BrN4O3. The van der Waals surface area contributed by atoms with E-state index in [1.165, 1.54) is 0 Å². The highest BCUT2D eigenvalue weighted by Crippen LogP contribution is 2.26. The van der Waals surface area contributed by atoms with Gasteiger partial charge in [-0.05, 0) is 41.4 Å². The number of carbonyl (C=O) groups excluding carboxylic acids is 2. The molecular weight excluding hydrogens is 400 g/mol. The molecule has 1 aliphatic heterocycles. The Hall–Kier alpha value is -2.35. The van der Waals surface area contributed by atoms with E-state index in [0.717, 1.165) is 10.0 Å². The van der Waals surface area contributed by atoms with Gasteiger partial charge in [-0.2, -0.15) is 5.10 Å². The number of halogens is 1. The summed E-state index contributed by atoms with van der Waals surface area (Å²) in [7, 11) is 1.81. The summed E-state index contributed by atoms with van der Waals surface area (Å²) in [6, 6.07) is 6.87. The van der Waals surface area contributed by atoms with Crippen molar-refractivity contribution >= 4 is 27.7 Å². The molecule has 2 aromatic rings. The van der Waals surface area contributed by atoms with Crippen molar-refractivity contribution in [3.05, 3.63) is 46.7 Å². The monoisotopic (exact) mass is 420 g/mol. The standard InChI is InChI=1S/C18H21BrN4O3/c1-11(26-15-6-4-3-5-13(15)19)18(25)21-14-7-8-16(24)22-17(14)12-9-20-23(2)10-12/h3-6,9-11,14,17H,7-8H2,1-2H3,(H,21,25)(H,22,24)/t11-,14-,17+/m0/s1. The fourth-order valence-electron chi connectivity index (χ4n) is 2.96. The number of hydrogen-bond acceptors (Lipinski definition) is 4. The van der Waals surface area contributed by atoms with Crippen molar-refractivity contribution < 1.29 is 14.3 Å². The number of amides is 2. The third kappa shape index (κ3) is 4.24. The van der Waals surface area contributed by atoms with Crippen LogP contribution >= 0.6 is 15.9 Å². The summed E-state index contributed by atoms with van der Waals surface area (Å²) in [4.78, 5) is 24.4. The number of ether oxygens (including phenoxy) is 1. The summed E-state index contributed by atoms with van der Waals surface area (Å²) in [5, 5.41) is 10.1. The summed E-state index contributed by atoms with van der Waals surface area (Å²) in [6.45, 7) is 1.70. The molecule has 7 nitrogen and oxygen atoms in total. The van der Waals surface area contributed by atoms with Crippen LogP contribution < -0.4 is 15.4 Å². The zero-order valence-corrected chi connectivity index (χ0v) is 16.2. The van der Waals surface area contributed by atoms with Crippen molar-refractivity contribution in [1.82, 2.24) is 20.4 Å². The zero-order chi connectivity index (χ0) is 18.7. The van der Waals surface area contributed by atoms with Gasteiger partial charge in [-0.15, -0.1) is 0 Å². The molecule has 0 bridgehead atoms. The maximum Gasteiger partial charge on any atom is 0.261 e. The van der Waals surface area contributed by atoms with E-state index in [4.69, 9.17) is 4.74 Å². The van der Waals surface area contributed by atoms with E-state index in [2.05, 4.69) is 31.7 Å². The Morgan fingerprint density at radius 2 is 2.23 bits per heavy atom. The molecule has 1 aromatic carbocycles. The molecule has 2 heterocycles. The Balaban J connectivity index is 1.68. The van der Waals surface area contributed by atoms with Crippen molar-refractivity contribution in [2.24, 2.45) is 7.05 Å². The van der Waals surface area contributed by atoms with Gasteiger partial charge in [-0.1, -0.05) is 12.1 Å². The van der Waals surface area contributed by atoms with E-state index in [-0.39, 0.29) is 23.9 Å². The first kappa shape index (κ1) is 18.4. The normalized spacial score (nSPS) is 21.0. The lowest BCUT2D eigenvalue weighted by molar-refractivity contribution is -0.130. The van der Waals surface area contributed by atoms with E-state index in [9.17, 15) is 9.59 Å². The number of aryl methyl sites for hydroxylation is 1. The van der Waals surface area contributed by atoms with E-state index in [1.54, 1.807) is 23.9 Å².